The molecule has 0 atom stereocenters. The number of anilines is 2. The molecule has 5 heteroatoms. The molecule has 0 aliphatic heterocycles. The van der Waals surface area contributed by atoms with Crippen molar-refractivity contribution in [2.24, 2.45) is 0 Å². The van der Waals surface area contributed by atoms with Crippen molar-refractivity contribution in [2.75, 3.05) is 11.5 Å². The lowest BCUT2D eigenvalue weighted by Crippen LogP contribution is -1.97. The Morgan fingerprint density at radius 1 is 1.29 bits per heavy atom. The second-order valence-corrected chi connectivity index (χ2v) is 3.77. The number of rotatable bonds is 0. The molecule has 1 aromatic carbocycles. The van der Waals surface area contributed by atoms with Crippen LogP contribution in [0.3, 0.4) is 0 Å². The van der Waals surface area contributed by atoms with E-state index in [0.29, 0.717) is 26.8 Å². The number of hydrogen-bond donors (Lipinski definition) is 2. The SMILES string of the molecule is Nc1cnc2c(Br)cc(F)cc2c1N. The van der Waals surface area contributed by atoms with E-state index >= 15 is 0 Å². The quantitative estimate of drug-likeness (QED) is 0.760. The Morgan fingerprint density at radius 2 is 2.00 bits per heavy atom. The maximum absolute atomic E-state index is 13.1. The number of fused-ring (bicyclic) bond motifs is 1. The summed E-state index contributed by atoms with van der Waals surface area (Å²) >= 11 is 3.21. The van der Waals surface area contributed by atoms with E-state index in [2.05, 4.69) is 20.9 Å². The summed E-state index contributed by atoms with van der Waals surface area (Å²) in [5.41, 5.74) is 12.6. The molecule has 72 valence electrons. The molecule has 1 heterocycles. The highest BCUT2D eigenvalue weighted by atomic mass is 79.9. The average Bonchev–Trinajstić information content (AvgIpc) is 2.12. The molecule has 0 aliphatic rings. The van der Waals surface area contributed by atoms with Gasteiger partial charge in [-0.15, -0.1) is 0 Å². The van der Waals surface area contributed by atoms with Gasteiger partial charge in [-0.2, -0.15) is 0 Å². The van der Waals surface area contributed by atoms with Gasteiger partial charge in [-0.3, -0.25) is 4.98 Å². The van der Waals surface area contributed by atoms with Gasteiger partial charge >= 0.3 is 0 Å². The molecule has 4 N–H and O–H groups in total. The Balaban J connectivity index is 2.95. The number of benzene rings is 1. The molecular weight excluding hydrogens is 249 g/mol. The zero-order valence-corrected chi connectivity index (χ0v) is 8.68. The maximum atomic E-state index is 13.1. The normalized spacial score (nSPS) is 10.7. The fourth-order valence-electron chi connectivity index (χ4n) is 1.26. The van der Waals surface area contributed by atoms with Gasteiger partial charge in [0.25, 0.3) is 0 Å². The lowest BCUT2D eigenvalue weighted by molar-refractivity contribution is 0.629. The first-order valence-electron chi connectivity index (χ1n) is 3.88. The van der Waals surface area contributed by atoms with E-state index in [1.54, 1.807) is 0 Å². The summed E-state index contributed by atoms with van der Waals surface area (Å²) in [6, 6.07) is 2.66. The molecule has 0 amide bonds. The van der Waals surface area contributed by atoms with Crippen LogP contribution in [0.2, 0.25) is 0 Å². The van der Waals surface area contributed by atoms with Crippen LogP contribution >= 0.6 is 15.9 Å². The van der Waals surface area contributed by atoms with Crippen LogP contribution in [0.1, 0.15) is 0 Å². The summed E-state index contributed by atoms with van der Waals surface area (Å²) in [6.07, 6.45) is 1.46. The summed E-state index contributed by atoms with van der Waals surface area (Å²) in [5, 5.41) is 0.525. The number of halogens is 2. The van der Waals surface area contributed by atoms with Crippen molar-refractivity contribution in [1.82, 2.24) is 4.98 Å². The Morgan fingerprint density at radius 3 is 2.71 bits per heavy atom. The smallest absolute Gasteiger partial charge is 0.125 e. The molecule has 0 aliphatic carbocycles. The fourth-order valence-corrected chi connectivity index (χ4v) is 1.80. The van der Waals surface area contributed by atoms with Gasteiger partial charge in [0, 0.05) is 9.86 Å². The molecule has 0 saturated heterocycles. The molecule has 2 aromatic rings. The summed E-state index contributed by atoms with van der Waals surface area (Å²) in [4.78, 5) is 4.06. The van der Waals surface area contributed by atoms with E-state index in [1.807, 2.05) is 0 Å². The number of aromatic nitrogens is 1. The molecule has 0 spiro atoms. The van der Waals surface area contributed by atoms with Crippen molar-refractivity contribution in [3.63, 3.8) is 0 Å². The third kappa shape index (κ3) is 1.29. The molecular formula is C9H7BrFN3. The van der Waals surface area contributed by atoms with Crippen molar-refractivity contribution >= 4 is 38.2 Å². The van der Waals surface area contributed by atoms with Crippen molar-refractivity contribution in [2.45, 2.75) is 0 Å². The van der Waals surface area contributed by atoms with Crippen LogP contribution in [-0.2, 0) is 0 Å². The predicted molar refractivity (Wildman–Crippen MR) is 58.2 cm³/mol. The van der Waals surface area contributed by atoms with Gasteiger partial charge in [0.2, 0.25) is 0 Å². The molecule has 0 radical (unpaired) electrons. The Kier molecular flexibility index (Phi) is 2.03. The van der Waals surface area contributed by atoms with Crippen molar-refractivity contribution in [3.05, 3.63) is 28.6 Å². The van der Waals surface area contributed by atoms with Crippen molar-refractivity contribution < 1.29 is 4.39 Å². The van der Waals surface area contributed by atoms with Gasteiger partial charge in [0.05, 0.1) is 23.1 Å². The summed E-state index contributed by atoms with van der Waals surface area (Å²) in [7, 11) is 0. The zero-order chi connectivity index (χ0) is 10.3. The van der Waals surface area contributed by atoms with E-state index in [9.17, 15) is 4.39 Å². The van der Waals surface area contributed by atoms with Crippen molar-refractivity contribution in [3.8, 4) is 0 Å². The maximum Gasteiger partial charge on any atom is 0.125 e. The third-order valence-corrected chi connectivity index (χ3v) is 2.57. The zero-order valence-electron chi connectivity index (χ0n) is 7.09. The van der Waals surface area contributed by atoms with E-state index < -0.39 is 0 Å². The van der Waals surface area contributed by atoms with Gasteiger partial charge in [0.1, 0.15) is 5.82 Å². The molecule has 3 nitrogen and oxygen atoms in total. The van der Waals surface area contributed by atoms with Crippen LogP contribution in [-0.4, -0.2) is 4.98 Å². The third-order valence-electron chi connectivity index (χ3n) is 1.96. The molecule has 0 saturated carbocycles. The lowest BCUT2D eigenvalue weighted by atomic mass is 10.1. The van der Waals surface area contributed by atoms with Crippen LogP contribution in [0, 0.1) is 5.82 Å². The van der Waals surface area contributed by atoms with Crippen LogP contribution in [0.4, 0.5) is 15.8 Å². The van der Waals surface area contributed by atoms with Gasteiger partial charge in [0.15, 0.2) is 0 Å². The largest absolute Gasteiger partial charge is 0.396 e. The van der Waals surface area contributed by atoms with Gasteiger partial charge in [-0.05, 0) is 28.1 Å². The van der Waals surface area contributed by atoms with Crippen LogP contribution in [0.25, 0.3) is 10.9 Å². The first-order chi connectivity index (χ1) is 6.59. The highest BCUT2D eigenvalue weighted by Gasteiger charge is 2.07. The monoisotopic (exact) mass is 255 g/mol. The second kappa shape index (κ2) is 3.09. The molecule has 1 aromatic heterocycles. The molecule has 0 unspecified atom stereocenters. The minimum absolute atomic E-state index is 0.356. The van der Waals surface area contributed by atoms with E-state index in [-0.39, 0.29) is 5.82 Å². The minimum Gasteiger partial charge on any atom is -0.396 e. The molecule has 2 rings (SSSR count). The first-order valence-corrected chi connectivity index (χ1v) is 4.67. The van der Waals surface area contributed by atoms with Crippen LogP contribution in [0.15, 0.2) is 22.8 Å². The summed E-state index contributed by atoms with van der Waals surface area (Å²) in [6.45, 7) is 0. The van der Waals surface area contributed by atoms with E-state index in [0.717, 1.165) is 0 Å². The number of nitrogen functional groups attached to an aromatic ring is 2. The van der Waals surface area contributed by atoms with Gasteiger partial charge in [-0.25, -0.2) is 4.39 Å². The fraction of sp³-hybridized carbons (Fsp3) is 0. The standard InChI is InChI=1S/C9H7BrFN3/c10-6-2-4(11)1-5-8(13)7(12)3-14-9(5)6/h1-3H,12H2,(H2,13,14). The predicted octanol–water partition coefficient (Wildman–Crippen LogP) is 2.30. The van der Waals surface area contributed by atoms with Gasteiger partial charge in [-0.1, -0.05) is 0 Å². The number of pyridine rings is 1. The number of nitrogens with zero attached hydrogens (tertiary/aromatic N) is 1. The molecule has 0 fully saturated rings. The first kappa shape index (κ1) is 9.21. The average molecular weight is 256 g/mol. The Hall–Kier alpha value is -1.36. The number of nitrogens with two attached hydrogens (primary N) is 2. The van der Waals surface area contributed by atoms with Crippen molar-refractivity contribution in [1.29, 1.82) is 0 Å². The molecule has 14 heavy (non-hydrogen) atoms. The highest BCUT2D eigenvalue weighted by molar-refractivity contribution is 9.10. The van der Waals surface area contributed by atoms with E-state index in [1.165, 1.54) is 18.3 Å². The lowest BCUT2D eigenvalue weighted by Gasteiger charge is -2.05. The second-order valence-electron chi connectivity index (χ2n) is 2.91. The summed E-state index contributed by atoms with van der Waals surface area (Å²) < 4.78 is 13.6. The molecule has 0 bridgehead atoms. The van der Waals surface area contributed by atoms with E-state index in [4.69, 9.17) is 11.5 Å². The Labute approximate surface area is 88.0 Å². The topological polar surface area (TPSA) is 64.9 Å². The van der Waals surface area contributed by atoms with Gasteiger partial charge < -0.3 is 11.5 Å². The highest BCUT2D eigenvalue weighted by Crippen LogP contribution is 2.30. The van der Waals surface area contributed by atoms with Crippen LogP contribution < -0.4 is 11.5 Å². The summed E-state index contributed by atoms with van der Waals surface area (Å²) in [5.74, 6) is -0.372. The van der Waals surface area contributed by atoms with Crippen LogP contribution in [0.5, 0.6) is 0 Å². The number of hydrogen-bond acceptors (Lipinski definition) is 3. The Bertz CT molecular complexity index is 513. The minimum atomic E-state index is -0.372.